The molecule has 14 heavy (non-hydrogen) atoms. The highest BCUT2D eigenvalue weighted by Crippen LogP contribution is 2.15. The van der Waals surface area contributed by atoms with Gasteiger partial charge in [0.25, 0.3) is 0 Å². The molecule has 0 aliphatic heterocycles. The van der Waals surface area contributed by atoms with Gasteiger partial charge in [-0.3, -0.25) is 4.79 Å². The van der Waals surface area contributed by atoms with E-state index < -0.39 is 5.97 Å². The van der Waals surface area contributed by atoms with Gasteiger partial charge < -0.3 is 5.11 Å². The Morgan fingerprint density at radius 3 is 2.50 bits per heavy atom. The Kier molecular flexibility index (Phi) is 4.53. The monoisotopic (exact) mass is 210 g/mol. The molecule has 2 nitrogen and oxygen atoms in total. The van der Waals surface area contributed by atoms with E-state index in [1.54, 1.807) is 11.8 Å². The van der Waals surface area contributed by atoms with Crippen molar-refractivity contribution in [3.8, 4) is 0 Å². The zero-order chi connectivity index (χ0) is 10.4. The molecule has 1 aromatic rings. The molecule has 1 rings (SSSR count). The van der Waals surface area contributed by atoms with Gasteiger partial charge in [-0.25, -0.2) is 0 Å². The molecule has 0 heterocycles. The van der Waals surface area contributed by atoms with E-state index in [9.17, 15) is 4.79 Å². The van der Waals surface area contributed by atoms with Crippen molar-refractivity contribution in [3.05, 3.63) is 29.8 Å². The van der Waals surface area contributed by atoms with E-state index in [1.165, 1.54) is 10.5 Å². The first-order valence-corrected chi connectivity index (χ1v) is 5.79. The summed E-state index contributed by atoms with van der Waals surface area (Å²) in [5, 5.41) is 8.47. The van der Waals surface area contributed by atoms with Crippen LogP contribution in [-0.4, -0.2) is 17.3 Å². The fourth-order valence-electron chi connectivity index (χ4n) is 1.24. The predicted molar refractivity (Wildman–Crippen MR) is 58.8 cm³/mol. The number of rotatable bonds is 5. The number of carboxylic acid groups (broad SMARTS) is 1. The van der Waals surface area contributed by atoms with E-state index in [2.05, 4.69) is 24.3 Å². The Balaban J connectivity index is 2.40. The van der Waals surface area contributed by atoms with Crippen LogP contribution in [0, 0.1) is 0 Å². The third kappa shape index (κ3) is 3.83. The lowest BCUT2D eigenvalue weighted by Crippen LogP contribution is -1.95. The predicted octanol–water partition coefficient (Wildman–Crippen LogP) is 2.82. The Bertz CT molecular complexity index is 293. The molecular formula is C11H14O2S. The average Bonchev–Trinajstić information content (AvgIpc) is 2.18. The summed E-state index contributed by atoms with van der Waals surface area (Å²) in [6.45, 7) is 0. The lowest BCUT2D eigenvalue weighted by atomic mass is 10.1. The third-order valence-corrected chi connectivity index (χ3v) is 2.76. The summed E-state index contributed by atoms with van der Waals surface area (Å²) in [6.07, 6.45) is 3.86. The Morgan fingerprint density at radius 2 is 2.00 bits per heavy atom. The van der Waals surface area contributed by atoms with Crippen molar-refractivity contribution in [2.45, 2.75) is 24.2 Å². The van der Waals surface area contributed by atoms with Crippen LogP contribution < -0.4 is 0 Å². The number of aryl methyl sites for hydroxylation is 1. The van der Waals surface area contributed by atoms with Crippen molar-refractivity contribution in [1.29, 1.82) is 0 Å². The summed E-state index contributed by atoms with van der Waals surface area (Å²) < 4.78 is 0. The molecule has 0 aliphatic carbocycles. The minimum atomic E-state index is -0.717. The summed E-state index contributed by atoms with van der Waals surface area (Å²) in [7, 11) is 0. The molecule has 0 atom stereocenters. The van der Waals surface area contributed by atoms with Crippen molar-refractivity contribution in [1.82, 2.24) is 0 Å². The smallest absolute Gasteiger partial charge is 0.303 e. The molecule has 0 aliphatic rings. The van der Waals surface area contributed by atoms with Gasteiger partial charge in [0.15, 0.2) is 0 Å². The molecule has 0 fully saturated rings. The van der Waals surface area contributed by atoms with E-state index in [0.717, 1.165) is 6.42 Å². The molecule has 0 saturated carbocycles. The number of carboxylic acids is 1. The fraction of sp³-hybridized carbons (Fsp3) is 0.364. The minimum Gasteiger partial charge on any atom is -0.481 e. The number of carbonyl (C=O) groups is 1. The summed E-state index contributed by atoms with van der Waals surface area (Å²) in [5.74, 6) is -0.717. The molecule has 0 bridgehead atoms. The normalized spacial score (nSPS) is 10.1. The van der Waals surface area contributed by atoms with Crippen molar-refractivity contribution in [2.24, 2.45) is 0 Å². The molecule has 0 radical (unpaired) electrons. The van der Waals surface area contributed by atoms with Crippen LogP contribution in [0.2, 0.25) is 0 Å². The molecule has 0 saturated heterocycles. The van der Waals surface area contributed by atoms with Crippen LogP contribution in [0.1, 0.15) is 18.4 Å². The number of aliphatic carboxylic acids is 1. The zero-order valence-corrected chi connectivity index (χ0v) is 9.01. The number of thioether (sulfide) groups is 1. The highest BCUT2D eigenvalue weighted by Gasteiger charge is 1.98. The van der Waals surface area contributed by atoms with E-state index in [0.29, 0.717) is 6.42 Å². The van der Waals surface area contributed by atoms with Crippen LogP contribution >= 0.6 is 11.8 Å². The van der Waals surface area contributed by atoms with Gasteiger partial charge in [-0.15, -0.1) is 11.8 Å². The lowest BCUT2D eigenvalue weighted by molar-refractivity contribution is -0.137. The van der Waals surface area contributed by atoms with Gasteiger partial charge >= 0.3 is 5.97 Å². The van der Waals surface area contributed by atoms with E-state index in [4.69, 9.17) is 5.11 Å². The largest absolute Gasteiger partial charge is 0.481 e. The SMILES string of the molecule is CSc1ccc(CCCC(=O)O)cc1. The highest BCUT2D eigenvalue weighted by atomic mass is 32.2. The van der Waals surface area contributed by atoms with E-state index in [-0.39, 0.29) is 6.42 Å². The first-order valence-electron chi connectivity index (χ1n) is 4.57. The molecule has 0 aromatic heterocycles. The molecular weight excluding hydrogens is 196 g/mol. The molecule has 1 aromatic carbocycles. The Hall–Kier alpha value is -0.960. The van der Waals surface area contributed by atoms with Crippen molar-refractivity contribution in [3.63, 3.8) is 0 Å². The van der Waals surface area contributed by atoms with Crippen LogP contribution in [0.4, 0.5) is 0 Å². The van der Waals surface area contributed by atoms with Gasteiger partial charge in [-0.2, -0.15) is 0 Å². The fourth-order valence-corrected chi connectivity index (χ4v) is 1.64. The van der Waals surface area contributed by atoms with Gasteiger partial charge in [-0.05, 0) is 36.8 Å². The van der Waals surface area contributed by atoms with E-state index >= 15 is 0 Å². The maximum Gasteiger partial charge on any atom is 0.303 e. The molecule has 76 valence electrons. The second-order valence-electron chi connectivity index (χ2n) is 3.10. The van der Waals surface area contributed by atoms with Gasteiger partial charge in [0.2, 0.25) is 0 Å². The van der Waals surface area contributed by atoms with Crippen LogP contribution in [0.25, 0.3) is 0 Å². The minimum absolute atomic E-state index is 0.254. The number of benzene rings is 1. The topological polar surface area (TPSA) is 37.3 Å². The quantitative estimate of drug-likeness (QED) is 0.759. The van der Waals surface area contributed by atoms with Crippen LogP contribution in [0.3, 0.4) is 0 Å². The molecule has 0 unspecified atom stereocenters. The second kappa shape index (κ2) is 5.70. The molecule has 3 heteroatoms. The summed E-state index contributed by atoms with van der Waals surface area (Å²) in [4.78, 5) is 11.5. The molecule has 1 N–H and O–H groups in total. The van der Waals surface area contributed by atoms with Crippen molar-refractivity contribution >= 4 is 17.7 Å². The van der Waals surface area contributed by atoms with Gasteiger partial charge in [0.05, 0.1) is 0 Å². The Labute approximate surface area is 88.3 Å². The third-order valence-electron chi connectivity index (χ3n) is 2.02. The first-order chi connectivity index (χ1) is 6.72. The maximum atomic E-state index is 10.3. The zero-order valence-electron chi connectivity index (χ0n) is 8.19. The van der Waals surface area contributed by atoms with Crippen LogP contribution in [0.5, 0.6) is 0 Å². The number of hydrogen-bond donors (Lipinski definition) is 1. The maximum absolute atomic E-state index is 10.3. The standard InChI is InChI=1S/C11H14O2S/c1-14-10-7-5-9(6-8-10)3-2-4-11(12)13/h5-8H,2-4H2,1H3,(H,12,13). The highest BCUT2D eigenvalue weighted by molar-refractivity contribution is 7.98. The Morgan fingerprint density at radius 1 is 1.36 bits per heavy atom. The van der Waals surface area contributed by atoms with Gasteiger partial charge in [0, 0.05) is 11.3 Å². The molecule has 0 amide bonds. The summed E-state index contributed by atoms with van der Waals surface area (Å²) in [5.41, 5.74) is 1.21. The van der Waals surface area contributed by atoms with Gasteiger partial charge in [-0.1, -0.05) is 12.1 Å². The molecule has 0 spiro atoms. The second-order valence-corrected chi connectivity index (χ2v) is 3.98. The number of hydrogen-bond acceptors (Lipinski definition) is 2. The lowest BCUT2D eigenvalue weighted by Gasteiger charge is -2.00. The van der Waals surface area contributed by atoms with Crippen molar-refractivity contribution in [2.75, 3.05) is 6.26 Å². The average molecular weight is 210 g/mol. The summed E-state index contributed by atoms with van der Waals surface area (Å²) in [6, 6.07) is 8.27. The first kappa shape index (κ1) is 11.1. The van der Waals surface area contributed by atoms with Crippen molar-refractivity contribution < 1.29 is 9.90 Å². The van der Waals surface area contributed by atoms with Crippen LogP contribution in [-0.2, 0) is 11.2 Å². The van der Waals surface area contributed by atoms with Gasteiger partial charge in [0.1, 0.15) is 0 Å². The van der Waals surface area contributed by atoms with Crippen LogP contribution in [0.15, 0.2) is 29.2 Å². The summed E-state index contributed by atoms with van der Waals surface area (Å²) >= 11 is 1.71. The van der Waals surface area contributed by atoms with E-state index in [1.807, 2.05) is 6.26 Å².